The fourth-order valence-corrected chi connectivity index (χ4v) is 2.71. The number of anilines is 1. The highest BCUT2D eigenvalue weighted by Crippen LogP contribution is 2.32. The van der Waals surface area contributed by atoms with Crippen molar-refractivity contribution in [3.8, 4) is 0 Å². The van der Waals surface area contributed by atoms with Crippen molar-refractivity contribution in [2.75, 3.05) is 11.9 Å². The summed E-state index contributed by atoms with van der Waals surface area (Å²) in [7, 11) is 1.75. The molecule has 0 aliphatic carbocycles. The third-order valence-corrected chi connectivity index (χ3v) is 3.84. The fraction of sp³-hybridized carbons (Fsp3) is 0.188. The van der Waals surface area contributed by atoms with E-state index in [1.807, 2.05) is 24.3 Å². The van der Waals surface area contributed by atoms with Gasteiger partial charge in [0.25, 0.3) is 0 Å². The minimum absolute atomic E-state index is 0.167. The van der Waals surface area contributed by atoms with E-state index in [9.17, 15) is 8.78 Å². The van der Waals surface area contributed by atoms with Gasteiger partial charge in [0, 0.05) is 24.8 Å². The molecule has 0 bridgehead atoms. The van der Waals surface area contributed by atoms with E-state index in [0.717, 1.165) is 9.95 Å². The molecular weight excluding hydrogens is 316 g/mol. The first-order chi connectivity index (χ1) is 11.6. The van der Waals surface area contributed by atoms with Gasteiger partial charge in [-0.3, -0.25) is 4.57 Å². The molecule has 0 unspecified atom stereocenters. The Morgan fingerprint density at radius 1 is 1.21 bits per heavy atom. The van der Waals surface area contributed by atoms with Gasteiger partial charge in [0.05, 0.1) is 6.54 Å². The quantitative estimate of drug-likeness (QED) is 0.572. The average Bonchev–Trinajstić information content (AvgIpc) is 3.18. The molecule has 0 radical (unpaired) electrons. The molecule has 4 rings (SSSR count). The summed E-state index contributed by atoms with van der Waals surface area (Å²) in [5, 5.41) is 0.888. The van der Waals surface area contributed by atoms with Crippen LogP contribution in [0.4, 0.5) is 14.6 Å². The summed E-state index contributed by atoms with van der Waals surface area (Å²) >= 11 is 0. The number of furan rings is 1. The van der Waals surface area contributed by atoms with Crippen molar-refractivity contribution in [1.29, 1.82) is 0 Å². The van der Waals surface area contributed by atoms with Crippen LogP contribution in [0.15, 0.2) is 47.4 Å². The summed E-state index contributed by atoms with van der Waals surface area (Å²) in [5.41, 5.74) is 1.92. The molecular formula is C16H13F2N5O. The van der Waals surface area contributed by atoms with Crippen molar-refractivity contribution in [1.82, 2.24) is 19.5 Å². The number of para-hydroxylation sites is 1. The molecule has 0 fully saturated rings. The molecule has 24 heavy (non-hydrogen) atoms. The Kier molecular flexibility index (Phi) is 3.37. The number of halogens is 2. The van der Waals surface area contributed by atoms with Crippen LogP contribution in [-0.2, 0) is 6.54 Å². The van der Waals surface area contributed by atoms with Crippen LogP contribution in [0.25, 0.3) is 22.1 Å². The van der Waals surface area contributed by atoms with E-state index in [1.54, 1.807) is 11.9 Å². The van der Waals surface area contributed by atoms with Crippen molar-refractivity contribution in [2.45, 2.75) is 13.1 Å². The van der Waals surface area contributed by atoms with Crippen LogP contribution < -0.4 is 4.90 Å². The Labute approximate surface area is 135 Å². The molecule has 0 aliphatic heterocycles. The Hall–Kier alpha value is -3.03. The standard InChI is InChI=1S/C16H13F2N5O/c1-22(8-12-19-6-7-23(12)16(17)18)15-14-13(20-9-21-15)10-4-2-3-5-11(10)24-14/h2-7,9,16H,8H2,1H3. The Balaban J connectivity index is 1.77. The smallest absolute Gasteiger partial charge is 0.319 e. The number of nitrogens with zero attached hydrogens (tertiary/aromatic N) is 5. The van der Waals surface area contributed by atoms with Gasteiger partial charge in [-0.2, -0.15) is 8.78 Å². The molecule has 4 aromatic rings. The highest BCUT2D eigenvalue weighted by Gasteiger charge is 2.18. The van der Waals surface area contributed by atoms with Gasteiger partial charge in [0.2, 0.25) is 0 Å². The summed E-state index contributed by atoms with van der Waals surface area (Å²) in [6.45, 7) is -2.46. The van der Waals surface area contributed by atoms with Crippen LogP contribution >= 0.6 is 0 Å². The number of alkyl halides is 2. The molecule has 3 heterocycles. The minimum atomic E-state index is -2.63. The number of imidazole rings is 1. The average molecular weight is 329 g/mol. The molecule has 8 heteroatoms. The van der Waals surface area contributed by atoms with Gasteiger partial charge in [-0.25, -0.2) is 15.0 Å². The van der Waals surface area contributed by atoms with Gasteiger partial charge < -0.3 is 9.32 Å². The Morgan fingerprint density at radius 2 is 2.04 bits per heavy atom. The van der Waals surface area contributed by atoms with Gasteiger partial charge in [-0.05, 0) is 12.1 Å². The SMILES string of the molecule is CN(Cc1nccn1C(F)F)c1ncnc2c1oc1ccccc12. The lowest BCUT2D eigenvalue weighted by Gasteiger charge is -2.18. The van der Waals surface area contributed by atoms with E-state index in [1.165, 1.54) is 18.7 Å². The lowest BCUT2D eigenvalue weighted by atomic mass is 10.2. The topological polar surface area (TPSA) is 60.0 Å². The molecule has 0 atom stereocenters. The first-order valence-corrected chi connectivity index (χ1v) is 7.28. The Morgan fingerprint density at radius 3 is 2.88 bits per heavy atom. The lowest BCUT2D eigenvalue weighted by molar-refractivity contribution is 0.0670. The third kappa shape index (κ3) is 2.27. The van der Waals surface area contributed by atoms with Crippen molar-refractivity contribution in [2.24, 2.45) is 0 Å². The third-order valence-electron chi connectivity index (χ3n) is 3.84. The molecule has 0 N–H and O–H groups in total. The molecule has 0 aliphatic rings. The first-order valence-electron chi connectivity index (χ1n) is 7.28. The first kappa shape index (κ1) is 14.6. The zero-order valence-electron chi connectivity index (χ0n) is 12.7. The molecule has 0 spiro atoms. The number of hydrogen-bond donors (Lipinski definition) is 0. The number of rotatable bonds is 4. The van der Waals surface area contributed by atoms with E-state index < -0.39 is 6.55 Å². The molecule has 122 valence electrons. The lowest BCUT2D eigenvalue weighted by Crippen LogP contribution is -2.21. The molecule has 6 nitrogen and oxygen atoms in total. The van der Waals surface area contributed by atoms with Crippen LogP contribution in [0.3, 0.4) is 0 Å². The fourth-order valence-electron chi connectivity index (χ4n) is 2.71. The van der Waals surface area contributed by atoms with Gasteiger partial charge in [-0.1, -0.05) is 12.1 Å². The van der Waals surface area contributed by atoms with E-state index in [4.69, 9.17) is 4.42 Å². The van der Waals surface area contributed by atoms with E-state index in [2.05, 4.69) is 15.0 Å². The van der Waals surface area contributed by atoms with Crippen LogP contribution in [0.5, 0.6) is 0 Å². The van der Waals surface area contributed by atoms with Gasteiger partial charge in [-0.15, -0.1) is 0 Å². The van der Waals surface area contributed by atoms with Crippen LogP contribution in [0.2, 0.25) is 0 Å². The summed E-state index contributed by atoms with van der Waals surface area (Å²) in [6, 6.07) is 7.55. The normalized spacial score (nSPS) is 11.7. The second-order valence-corrected chi connectivity index (χ2v) is 5.36. The Bertz CT molecular complexity index is 1010. The highest BCUT2D eigenvalue weighted by atomic mass is 19.3. The predicted octanol–water partition coefficient (Wildman–Crippen LogP) is 3.60. The maximum atomic E-state index is 13.0. The zero-order valence-corrected chi connectivity index (χ0v) is 12.7. The summed E-state index contributed by atoms with van der Waals surface area (Å²) < 4.78 is 32.6. The number of benzene rings is 1. The largest absolute Gasteiger partial charge is 0.450 e. The minimum Gasteiger partial charge on any atom is -0.450 e. The van der Waals surface area contributed by atoms with Gasteiger partial charge in [0.15, 0.2) is 11.4 Å². The maximum absolute atomic E-state index is 13.0. The van der Waals surface area contributed by atoms with Crippen molar-refractivity contribution in [3.05, 3.63) is 48.8 Å². The van der Waals surface area contributed by atoms with Crippen LogP contribution in [0.1, 0.15) is 12.4 Å². The molecule has 3 aromatic heterocycles. The maximum Gasteiger partial charge on any atom is 0.319 e. The monoisotopic (exact) mass is 329 g/mol. The summed E-state index contributed by atoms with van der Waals surface area (Å²) in [4.78, 5) is 14.2. The van der Waals surface area contributed by atoms with Gasteiger partial charge >= 0.3 is 6.55 Å². The number of fused-ring (bicyclic) bond motifs is 3. The number of aromatic nitrogens is 4. The van der Waals surface area contributed by atoms with Crippen LogP contribution in [-0.4, -0.2) is 26.6 Å². The molecule has 0 amide bonds. The summed E-state index contributed by atoms with van der Waals surface area (Å²) in [6.07, 6.45) is 4.05. The zero-order chi connectivity index (χ0) is 16.7. The van der Waals surface area contributed by atoms with Crippen molar-refractivity contribution < 1.29 is 13.2 Å². The van der Waals surface area contributed by atoms with E-state index in [0.29, 0.717) is 22.5 Å². The number of hydrogen-bond acceptors (Lipinski definition) is 5. The van der Waals surface area contributed by atoms with E-state index >= 15 is 0 Å². The van der Waals surface area contributed by atoms with Crippen molar-refractivity contribution in [3.63, 3.8) is 0 Å². The van der Waals surface area contributed by atoms with Crippen molar-refractivity contribution >= 4 is 27.9 Å². The highest BCUT2D eigenvalue weighted by molar-refractivity contribution is 6.05. The second kappa shape index (κ2) is 5.55. The predicted molar refractivity (Wildman–Crippen MR) is 84.9 cm³/mol. The molecule has 0 saturated heterocycles. The second-order valence-electron chi connectivity index (χ2n) is 5.36. The van der Waals surface area contributed by atoms with Gasteiger partial charge in [0.1, 0.15) is 23.3 Å². The van der Waals surface area contributed by atoms with E-state index in [-0.39, 0.29) is 12.4 Å². The molecule has 0 saturated carbocycles. The summed E-state index contributed by atoms with van der Waals surface area (Å²) in [5.74, 6) is 0.774. The van der Waals surface area contributed by atoms with Crippen LogP contribution in [0, 0.1) is 0 Å². The molecule has 1 aromatic carbocycles.